The Bertz CT molecular complexity index is 1320. The molecule has 1 unspecified atom stereocenters. The van der Waals surface area contributed by atoms with Gasteiger partial charge in [-0.3, -0.25) is 19.0 Å². The van der Waals surface area contributed by atoms with Gasteiger partial charge in [0.1, 0.15) is 11.4 Å². The number of para-hydroxylation sites is 1. The summed E-state index contributed by atoms with van der Waals surface area (Å²) >= 11 is 0. The minimum absolute atomic E-state index is 0.0380. The van der Waals surface area contributed by atoms with E-state index in [1.54, 1.807) is 31.2 Å². The smallest absolute Gasteiger partial charge is 0.276 e. The van der Waals surface area contributed by atoms with Crippen LogP contribution in [0, 0.1) is 0 Å². The molecule has 0 bridgehead atoms. The number of nitrogens with zero attached hydrogens (tertiary/aromatic N) is 2. The summed E-state index contributed by atoms with van der Waals surface area (Å²) in [6, 6.07) is 17.0. The lowest BCUT2D eigenvalue weighted by atomic mass is 10.1. The molecule has 0 saturated heterocycles. The maximum absolute atomic E-state index is 13.1. The second kappa shape index (κ2) is 12.7. The molecule has 0 saturated carbocycles. The van der Waals surface area contributed by atoms with Gasteiger partial charge in [0.25, 0.3) is 17.4 Å². The van der Waals surface area contributed by atoms with E-state index in [1.165, 1.54) is 16.8 Å². The van der Waals surface area contributed by atoms with Gasteiger partial charge in [0, 0.05) is 36.2 Å². The number of oxime groups is 1. The van der Waals surface area contributed by atoms with Crippen LogP contribution < -0.4 is 32.4 Å². The summed E-state index contributed by atoms with van der Waals surface area (Å²) in [6.07, 6.45) is 0.215. The number of rotatable bonds is 12. The van der Waals surface area contributed by atoms with Crippen molar-refractivity contribution in [3.8, 4) is 5.75 Å². The van der Waals surface area contributed by atoms with E-state index in [0.717, 1.165) is 0 Å². The molecule has 3 aromatic rings. The highest BCUT2D eigenvalue weighted by molar-refractivity contribution is 5.97. The zero-order chi connectivity index (χ0) is 26.8. The van der Waals surface area contributed by atoms with Crippen LogP contribution in [0.3, 0.4) is 0 Å². The number of primary amides is 1. The van der Waals surface area contributed by atoms with Gasteiger partial charge >= 0.3 is 0 Å². The van der Waals surface area contributed by atoms with E-state index in [1.807, 2.05) is 30.3 Å². The lowest BCUT2D eigenvalue weighted by Gasteiger charge is -2.21. The first-order chi connectivity index (χ1) is 17.8. The first-order valence-electron chi connectivity index (χ1n) is 11.3. The van der Waals surface area contributed by atoms with Crippen molar-refractivity contribution in [1.29, 1.82) is 0 Å². The van der Waals surface area contributed by atoms with Gasteiger partial charge in [0.2, 0.25) is 6.23 Å². The number of anilines is 2. The van der Waals surface area contributed by atoms with Gasteiger partial charge in [-0.05, 0) is 37.3 Å². The van der Waals surface area contributed by atoms with E-state index in [9.17, 15) is 14.4 Å². The number of nitrogens with two attached hydrogens (primary N) is 2. The topological polar surface area (TPSA) is 183 Å². The Balaban J connectivity index is 1.82. The molecule has 194 valence electrons. The van der Waals surface area contributed by atoms with E-state index in [4.69, 9.17) is 26.1 Å². The summed E-state index contributed by atoms with van der Waals surface area (Å²) in [4.78, 5) is 37.5. The summed E-state index contributed by atoms with van der Waals surface area (Å²) in [5, 5.41) is 17.6. The molecule has 3 rings (SSSR count). The standard InChI is InChI=1S/C25H28N6O6/c1-2-36-25(31-12-6-9-19(24(31)34)29-18-7-4-3-5-8-18)23(33)28-14-17-11-10-16(22(27)30-35)13-20(17)37-15-21(26)32/h3-13,25,29,35H,2,14-15H2,1H3,(H2,26,32)(H2,27,30)(H,28,33). The average molecular weight is 509 g/mol. The normalized spacial score (nSPS) is 12.0. The third-order valence-corrected chi connectivity index (χ3v) is 5.12. The SMILES string of the molecule is CCOC(C(=O)NCc1ccc(C(N)=NO)cc1OCC(N)=O)n1cccc(Nc2ccccc2)c1=O. The molecule has 12 nitrogen and oxygen atoms in total. The Morgan fingerprint density at radius 2 is 1.86 bits per heavy atom. The summed E-state index contributed by atoms with van der Waals surface area (Å²) in [6.45, 7) is 1.42. The highest BCUT2D eigenvalue weighted by Gasteiger charge is 2.23. The number of benzene rings is 2. The molecule has 1 heterocycles. The molecule has 0 aliphatic rings. The summed E-state index contributed by atoms with van der Waals surface area (Å²) in [7, 11) is 0. The molecule has 0 aliphatic carbocycles. The number of ether oxygens (including phenoxy) is 2. The number of carbonyl (C=O) groups excluding carboxylic acids is 2. The molecule has 7 N–H and O–H groups in total. The molecule has 12 heteroatoms. The third kappa shape index (κ3) is 7.08. The van der Waals surface area contributed by atoms with Gasteiger partial charge in [-0.15, -0.1) is 0 Å². The molecule has 0 spiro atoms. The fourth-order valence-corrected chi connectivity index (χ4v) is 3.38. The fourth-order valence-electron chi connectivity index (χ4n) is 3.38. The van der Waals surface area contributed by atoms with Crippen molar-refractivity contribution in [1.82, 2.24) is 9.88 Å². The molecule has 1 aromatic heterocycles. The third-order valence-electron chi connectivity index (χ3n) is 5.12. The Morgan fingerprint density at radius 3 is 2.54 bits per heavy atom. The number of carbonyl (C=O) groups is 2. The van der Waals surface area contributed by atoms with Crippen LogP contribution in [0.1, 0.15) is 24.3 Å². The van der Waals surface area contributed by atoms with Crippen molar-refractivity contribution in [3.63, 3.8) is 0 Å². The van der Waals surface area contributed by atoms with E-state index < -0.39 is 30.2 Å². The average Bonchev–Trinajstić information content (AvgIpc) is 2.91. The molecule has 2 amide bonds. The maximum atomic E-state index is 13.1. The minimum Gasteiger partial charge on any atom is -0.483 e. The Kier molecular flexibility index (Phi) is 9.22. The highest BCUT2D eigenvalue weighted by atomic mass is 16.5. The molecular weight excluding hydrogens is 480 g/mol. The first-order valence-corrected chi connectivity index (χ1v) is 11.3. The van der Waals surface area contributed by atoms with Crippen LogP contribution in [0.2, 0.25) is 0 Å². The van der Waals surface area contributed by atoms with Crippen LogP contribution in [-0.4, -0.2) is 40.6 Å². The van der Waals surface area contributed by atoms with Gasteiger partial charge in [-0.2, -0.15) is 0 Å². The molecule has 0 aliphatic heterocycles. The highest BCUT2D eigenvalue weighted by Crippen LogP contribution is 2.21. The number of amidine groups is 1. The van der Waals surface area contributed by atoms with Crippen LogP contribution in [-0.2, 0) is 20.9 Å². The molecule has 0 radical (unpaired) electrons. The zero-order valence-electron chi connectivity index (χ0n) is 20.1. The van der Waals surface area contributed by atoms with Gasteiger partial charge in [-0.1, -0.05) is 35.5 Å². The van der Waals surface area contributed by atoms with Gasteiger partial charge in [-0.25, -0.2) is 0 Å². The van der Waals surface area contributed by atoms with Crippen LogP contribution in [0.5, 0.6) is 5.75 Å². The fraction of sp³-hybridized carbons (Fsp3) is 0.200. The monoisotopic (exact) mass is 508 g/mol. The number of hydrogen-bond donors (Lipinski definition) is 5. The Labute approximate surface area is 212 Å². The maximum Gasteiger partial charge on any atom is 0.276 e. The summed E-state index contributed by atoms with van der Waals surface area (Å²) < 4.78 is 12.2. The summed E-state index contributed by atoms with van der Waals surface area (Å²) in [5.74, 6) is -1.26. The van der Waals surface area contributed by atoms with E-state index in [2.05, 4.69) is 15.8 Å². The van der Waals surface area contributed by atoms with Crippen LogP contribution >= 0.6 is 0 Å². The van der Waals surface area contributed by atoms with Crippen molar-refractivity contribution in [2.75, 3.05) is 18.5 Å². The molecule has 1 atom stereocenters. The number of hydrogen-bond acceptors (Lipinski definition) is 8. The predicted molar refractivity (Wildman–Crippen MR) is 137 cm³/mol. The second-order valence-corrected chi connectivity index (χ2v) is 7.71. The van der Waals surface area contributed by atoms with Crippen molar-refractivity contribution in [2.45, 2.75) is 19.7 Å². The largest absolute Gasteiger partial charge is 0.483 e. The van der Waals surface area contributed by atoms with Crippen LogP contribution in [0.25, 0.3) is 0 Å². The zero-order valence-corrected chi connectivity index (χ0v) is 20.1. The Morgan fingerprint density at radius 1 is 1.11 bits per heavy atom. The molecule has 0 fully saturated rings. The van der Waals surface area contributed by atoms with Crippen molar-refractivity contribution < 1.29 is 24.3 Å². The van der Waals surface area contributed by atoms with E-state index >= 15 is 0 Å². The number of aromatic nitrogens is 1. The number of nitrogens with one attached hydrogen (secondary N) is 2. The van der Waals surface area contributed by atoms with Crippen molar-refractivity contribution in [3.05, 3.63) is 88.3 Å². The van der Waals surface area contributed by atoms with Gasteiger partial charge in [0.05, 0.1) is 0 Å². The number of amides is 2. The second-order valence-electron chi connectivity index (χ2n) is 7.71. The van der Waals surface area contributed by atoms with Crippen LogP contribution in [0.4, 0.5) is 11.4 Å². The lowest BCUT2D eigenvalue weighted by Crippen LogP contribution is -2.38. The summed E-state index contributed by atoms with van der Waals surface area (Å²) in [5.41, 5.74) is 12.2. The lowest BCUT2D eigenvalue weighted by molar-refractivity contribution is -0.139. The predicted octanol–water partition coefficient (Wildman–Crippen LogP) is 1.40. The quantitative estimate of drug-likeness (QED) is 0.105. The molecule has 2 aromatic carbocycles. The van der Waals surface area contributed by atoms with Gasteiger partial charge in [0.15, 0.2) is 12.4 Å². The van der Waals surface area contributed by atoms with Gasteiger partial charge < -0.3 is 36.8 Å². The first kappa shape index (κ1) is 26.8. The molecular formula is C25H28N6O6. The minimum atomic E-state index is -1.25. The molecule has 37 heavy (non-hydrogen) atoms. The van der Waals surface area contributed by atoms with Crippen molar-refractivity contribution in [2.24, 2.45) is 16.6 Å². The van der Waals surface area contributed by atoms with E-state index in [-0.39, 0.29) is 30.4 Å². The van der Waals surface area contributed by atoms with E-state index in [0.29, 0.717) is 16.8 Å². The van der Waals surface area contributed by atoms with Crippen LogP contribution in [0.15, 0.2) is 76.8 Å². The van der Waals surface area contributed by atoms with Crippen molar-refractivity contribution >= 4 is 29.0 Å². The number of pyridine rings is 1. The Hall–Kier alpha value is -4.84.